The van der Waals surface area contributed by atoms with Crippen LogP contribution in [0.25, 0.3) is 11.0 Å². The van der Waals surface area contributed by atoms with E-state index in [0.717, 1.165) is 59.7 Å². The van der Waals surface area contributed by atoms with E-state index in [9.17, 15) is 9.90 Å². The standard InChI is InChI=1S/C29H32N4O3/c1-4-33-26-12-11-24(20(3)29(26)30-31-33)25(16-28(34)35)21-10-9-19(2)23(15-21)18-32-13-14-36-27-8-6-5-7-22(27)17-32/h5-12,15,25H,4,13-14,16-18H2,1-3H3,(H,34,35). The molecule has 1 aliphatic rings. The predicted octanol–water partition coefficient (Wildman–Crippen LogP) is 5.07. The first-order chi connectivity index (χ1) is 17.4. The third-order valence-electron chi connectivity index (χ3n) is 7.24. The molecule has 1 atom stereocenters. The molecule has 0 aliphatic carbocycles. The van der Waals surface area contributed by atoms with Gasteiger partial charge in [0.2, 0.25) is 0 Å². The fraction of sp³-hybridized carbons (Fsp3) is 0.345. The molecule has 0 saturated carbocycles. The smallest absolute Gasteiger partial charge is 0.304 e. The van der Waals surface area contributed by atoms with Crippen molar-refractivity contribution in [1.29, 1.82) is 0 Å². The van der Waals surface area contributed by atoms with E-state index in [4.69, 9.17) is 4.74 Å². The maximum Gasteiger partial charge on any atom is 0.304 e. The highest BCUT2D eigenvalue weighted by molar-refractivity contribution is 5.80. The number of hydrogen-bond donors (Lipinski definition) is 1. The lowest BCUT2D eigenvalue weighted by atomic mass is 9.84. The van der Waals surface area contributed by atoms with E-state index in [0.29, 0.717) is 6.61 Å². The van der Waals surface area contributed by atoms with Gasteiger partial charge in [-0.05, 0) is 60.7 Å². The summed E-state index contributed by atoms with van der Waals surface area (Å²) in [7, 11) is 0. The highest BCUT2D eigenvalue weighted by atomic mass is 16.5. The lowest BCUT2D eigenvalue weighted by molar-refractivity contribution is -0.137. The Morgan fingerprint density at radius 3 is 2.78 bits per heavy atom. The molecular weight excluding hydrogens is 452 g/mol. The SMILES string of the molecule is CCn1nnc2c(C)c(C(CC(=O)O)c3ccc(C)c(CN4CCOc5ccccc5C4)c3)ccc21. The maximum absolute atomic E-state index is 12.0. The monoisotopic (exact) mass is 484 g/mol. The van der Waals surface area contributed by atoms with Crippen LogP contribution in [0.5, 0.6) is 5.75 Å². The summed E-state index contributed by atoms with van der Waals surface area (Å²) in [6.07, 6.45) is 0.0156. The Hall–Kier alpha value is -3.71. The largest absolute Gasteiger partial charge is 0.492 e. The van der Waals surface area contributed by atoms with E-state index >= 15 is 0 Å². The third-order valence-corrected chi connectivity index (χ3v) is 7.24. The Kier molecular flexibility index (Phi) is 6.74. The zero-order valence-electron chi connectivity index (χ0n) is 21.1. The molecule has 0 amide bonds. The number of para-hydroxylation sites is 1. The summed E-state index contributed by atoms with van der Waals surface area (Å²) < 4.78 is 7.82. The average molecular weight is 485 g/mol. The Balaban J connectivity index is 1.49. The molecule has 1 aromatic heterocycles. The summed E-state index contributed by atoms with van der Waals surface area (Å²) in [6.45, 7) is 9.99. The second kappa shape index (κ2) is 10.1. The average Bonchev–Trinajstić information content (AvgIpc) is 3.18. The summed E-state index contributed by atoms with van der Waals surface area (Å²) in [5.74, 6) is -0.135. The van der Waals surface area contributed by atoms with Gasteiger partial charge >= 0.3 is 5.97 Å². The number of ether oxygens (including phenoxy) is 1. The molecule has 7 heteroatoms. The summed E-state index contributed by atoms with van der Waals surface area (Å²) in [4.78, 5) is 14.3. The molecule has 0 radical (unpaired) electrons. The van der Waals surface area contributed by atoms with Crippen LogP contribution in [0.4, 0.5) is 0 Å². The number of nitrogens with zero attached hydrogens (tertiary/aromatic N) is 4. The number of rotatable bonds is 7. The van der Waals surface area contributed by atoms with Crippen LogP contribution in [0.15, 0.2) is 54.6 Å². The number of carboxylic acid groups (broad SMARTS) is 1. The molecule has 0 saturated heterocycles. The fourth-order valence-corrected chi connectivity index (χ4v) is 5.21. The molecule has 5 rings (SSSR count). The molecule has 4 aromatic rings. The van der Waals surface area contributed by atoms with Gasteiger partial charge in [-0.1, -0.05) is 47.7 Å². The molecule has 0 fully saturated rings. The van der Waals surface area contributed by atoms with Gasteiger partial charge in [0.05, 0.1) is 11.9 Å². The molecular formula is C29H32N4O3. The van der Waals surface area contributed by atoms with Crippen molar-refractivity contribution >= 4 is 17.0 Å². The lowest BCUT2D eigenvalue weighted by Gasteiger charge is -2.23. The van der Waals surface area contributed by atoms with Gasteiger partial charge < -0.3 is 9.84 Å². The molecule has 3 aromatic carbocycles. The number of hydrogen-bond acceptors (Lipinski definition) is 5. The number of aliphatic carboxylic acids is 1. The number of aryl methyl sites for hydroxylation is 3. The first-order valence-corrected chi connectivity index (χ1v) is 12.5. The van der Waals surface area contributed by atoms with Crippen LogP contribution in [0.1, 0.15) is 52.6 Å². The first-order valence-electron chi connectivity index (χ1n) is 12.5. The molecule has 186 valence electrons. The minimum absolute atomic E-state index is 0.0156. The van der Waals surface area contributed by atoms with Gasteiger partial charge in [0.15, 0.2) is 0 Å². The second-order valence-electron chi connectivity index (χ2n) is 9.56. The Morgan fingerprint density at radius 2 is 1.97 bits per heavy atom. The van der Waals surface area contributed by atoms with Gasteiger partial charge in [-0.3, -0.25) is 9.69 Å². The van der Waals surface area contributed by atoms with Crippen LogP contribution < -0.4 is 4.74 Å². The quantitative estimate of drug-likeness (QED) is 0.395. The predicted molar refractivity (Wildman–Crippen MR) is 139 cm³/mol. The van der Waals surface area contributed by atoms with Gasteiger partial charge in [0.1, 0.15) is 17.9 Å². The normalized spacial score (nSPS) is 14.8. The van der Waals surface area contributed by atoms with Gasteiger partial charge in [0.25, 0.3) is 0 Å². The van der Waals surface area contributed by atoms with Gasteiger partial charge in [-0.2, -0.15) is 0 Å². The zero-order chi connectivity index (χ0) is 25.2. The van der Waals surface area contributed by atoms with E-state index in [2.05, 4.69) is 46.4 Å². The molecule has 0 bridgehead atoms. The van der Waals surface area contributed by atoms with Crippen molar-refractivity contribution in [1.82, 2.24) is 19.9 Å². The van der Waals surface area contributed by atoms with Crippen LogP contribution in [0.3, 0.4) is 0 Å². The number of benzene rings is 3. The summed E-state index contributed by atoms with van der Waals surface area (Å²) in [6, 6.07) is 18.6. The second-order valence-corrected chi connectivity index (χ2v) is 9.56. The maximum atomic E-state index is 12.0. The van der Waals surface area contributed by atoms with Crippen LogP contribution in [-0.4, -0.2) is 44.1 Å². The van der Waals surface area contributed by atoms with Crippen LogP contribution in [-0.2, 0) is 24.4 Å². The highest BCUT2D eigenvalue weighted by Gasteiger charge is 2.23. The number of fused-ring (bicyclic) bond motifs is 2. The van der Waals surface area contributed by atoms with Crippen molar-refractivity contribution < 1.29 is 14.6 Å². The van der Waals surface area contributed by atoms with Crippen molar-refractivity contribution in [3.05, 3.63) is 88.0 Å². The molecule has 7 nitrogen and oxygen atoms in total. The van der Waals surface area contributed by atoms with Gasteiger partial charge in [-0.25, -0.2) is 4.68 Å². The van der Waals surface area contributed by atoms with Crippen LogP contribution in [0, 0.1) is 13.8 Å². The summed E-state index contributed by atoms with van der Waals surface area (Å²) in [5.41, 5.74) is 8.39. The van der Waals surface area contributed by atoms with Crippen molar-refractivity contribution in [2.45, 2.75) is 52.7 Å². The van der Waals surface area contributed by atoms with Crippen molar-refractivity contribution in [2.24, 2.45) is 0 Å². The molecule has 0 spiro atoms. The van der Waals surface area contributed by atoms with Gasteiger partial charge in [0, 0.05) is 37.7 Å². The molecule has 1 unspecified atom stereocenters. The number of carboxylic acids is 1. The highest BCUT2D eigenvalue weighted by Crippen LogP contribution is 2.34. The van der Waals surface area contributed by atoms with E-state index in [1.165, 1.54) is 16.7 Å². The zero-order valence-corrected chi connectivity index (χ0v) is 21.1. The van der Waals surface area contributed by atoms with Gasteiger partial charge in [-0.15, -0.1) is 5.10 Å². The number of carbonyl (C=O) groups is 1. The van der Waals surface area contributed by atoms with Crippen molar-refractivity contribution in [3.63, 3.8) is 0 Å². The topological polar surface area (TPSA) is 80.5 Å². The third kappa shape index (κ3) is 4.71. The van der Waals surface area contributed by atoms with Crippen LogP contribution >= 0.6 is 0 Å². The Morgan fingerprint density at radius 1 is 1.14 bits per heavy atom. The lowest BCUT2D eigenvalue weighted by Crippen LogP contribution is -2.25. The molecule has 1 aliphatic heterocycles. The number of aromatic nitrogens is 3. The van der Waals surface area contributed by atoms with E-state index in [1.807, 2.05) is 48.9 Å². The minimum Gasteiger partial charge on any atom is -0.492 e. The van der Waals surface area contributed by atoms with Crippen molar-refractivity contribution in [2.75, 3.05) is 13.2 Å². The minimum atomic E-state index is -0.819. The van der Waals surface area contributed by atoms with E-state index in [-0.39, 0.29) is 12.3 Å². The Bertz CT molecular complexity index is 1410. The molecule has 1 N–H and O–H groups in total. The summed E-state index contributed by atoms with van der Waals surface area (Å²) in [5, 5.41) is 18.5. The summed E-state index contributed by atoms with van der Waals surface area (Å²) >= 11 is 0. The molecule has 36 heavy (non-hydrogen) atoms. The fourth-order valence-electron chi connectivity index (χ4n) is 5.21. The van der Waals surface area contributed by atoms with Crippen LogP contribution in [0.2, 0.25) is 0 Å². The Labute approximate surface area is 211 Å². The first kappa shape index (κ1) is 24.0. The van der Waals surface area contributed by atoms with E-state index < -0.39 is 5.97 Å². The molecule has 2 heterocycles. The van der Waals surface area contributed by atoms with Crippen molar-refractivity contribution in [3.8, 4) is 5.75 Å². The van der Waals surface area contributed by atoms with E-state index in [1.54, 1.807) is 0 Å².